The summed E-state index contributed by atoms with van der Waals surface area (Å²) in [7, 11) is 0. The summed E-state index contributed by atoms with van der Waals surface area (Å²) in [5.41, 5.74) is 0.355. The van der Waals surface area contributed by atoms with Crippen LogP contribution < -0.4 is 5.32 Å². The predicted octanol–water partition coefficient (Wildman–Crippen LogP) is 2.72. The maximum absolute atomic E-state index is 13.6. The molecular formula is C13H14FN3O. The first kappa shape index (κ1) is 12.4. The highest BCUT2D eigenvalue weighted by molar-refractivity contribution is 5.89. The lowest BCUT2D eigenvalue weighted by atomic mass is 10.1. The molecule has 94 valence electrons. The van der Waals surface area contributed by atoms with E-state index in [2.05, 4.69) is 5.32 Å². The van der Waals surface area contributed by atoms with E-state index < -0.39 is 5.82 Å². The minimum Gasteiger partial charge on any atom is -0.325 e. The molecule has 1 heterocycles. The fraction of sp³-hybridized carbons (Fsp3) is 0.385. The first-order chi connectivity index (χ1) is 8.70. The van der Waals surface area contributed by atoms with Crippen molar-refractivity contribution < 1.29 is 9.18 Å². The Morgan fingerprint density at radius 3 is 2.67 bits per heavy atom. The van der Waals surface area contributed by atoms with Crippen LogP contribution in [0.1, 0.15) is 24.8 Å². The van der Waals surface area contributed by atoms with E-state index in [1.807, 2.05) is 6.07 Å². The molecule has 0 saturated carbocycles. The zero-order valence-corrected chi connectivity index (χ0v) is 9.95. The average Bonchev–Trinajstić information content (AvgIpc) is 2.42. The van der Waals surface area contributed by atoms with Crippen LogP contribution in [0.2, 0.25) is 0 Å². The summed E-state index contributed by atoms with van der Waals surface area (Å²) in [6, 6.07) is 5.58. The molecule has 1 fully saturated rings. The quantitative estimate of drug-likeness (QED) is 0.829. The Bertz CT molecular complexity index is 489. The van der Waals surface area contributed by atoms with Gasteiger partial charge in [-0.25, -0.2) is 9.18 Å². The first-order valence-electron chi connectivity index (χ1n) is 5.96. The maximum atomic E-state index is 13.6. The van der Waals surface area contributed by atoms with Crippen molar-refractivity contribution in [1.82, 2.24) is 4.90 Å². The number of carbonyl (C=O) groups excluding carboxylic acids is 1. The van der Waals surface area contributed by atoms with Crippen LogP contribution in [0, 0.1) is 17.1 Å². The highest BCUT2D eigenvalue weighted by Crippen LogP contribution is 2.17. The topological polar surface area (TPSA) is 56.1 Å². The number of hydrogen-bond donors (Lipinski definition) is 1. The van der Waals surface area contributed by atoms with Gasteiger partial charge in [0.1, 0.15) is 5.82 Å². The first-order valence-corrected chi connectivity index (χ1v) is 5.96. The number of benzene rings is 1. The molecule has 0 bridgehead atoms. The van der Waals surface area contributed by atoms with E-state index in [4.69, 9.17) is 5.26 Å². The van der Waals surface area contributed by atoms with Gasteiger partial charge in [0.15, 0.2) is 0 Å². The van der Waals surface area contributed by atoms with E-state index in [-0.39, 0.29) is 17.3 Å². The van der Waals surface area contributed by atoms with Gasteiger partial charge in [0, 0.05) is 13.1 Å². The van der Waals surface area contributed by atoms with Gasteiger partial charge in [-0.05, 0) is 37.5 Å². The molecule has 1 aliphatic heterocycles. The molecule has 1 aromatic carbocycles. The Morgan fingerprint density at radius 2 is 2.06 bits per heavy atom. The molecule has 2 rings (SSSR count). The molecule has 1 aliphatic rings. The van der Waals surface area contributed by atoms with Crippen LogP contribution in [0.5, 0.6) is 0 Å². The molecule has 0 aliphatic carbocycles. The molecule has 4 nitrogen and oxygen atoms in total. The van der Waals surface area contributed by atoms with Crippen molar-refractivity contribution in [1.29, 1.82) is 5.26 Å². The van der Waals surface area contributed by atoms with Gasteiger partial charge in [-0.1, -0.05) is 0 Å². The molecule has 0 atom stereocenters. The summed E-state index contributed by atoms with van der Waals surface area (Å²) in [5, 5.41) is 11.2. The van der Waals surface area contributed by atoms with E-state index in [0.29, 0.717) is 13.1 Å². The second kappa shape index (κ2) is 5.50. The Balaban J connectivity index is 2.04. The molecule has 18 heavy (non-hydrogen) atoms. The molecule has 2 amide bonds. The molecule has 0 aromatic heterocycles. The van der Waals surface area contributed by atoms with Gasteiger partial charge in [0.05, 0.1) is 17.3 Å². The molecular weight excluding hydrogens is 233 g/mol. The van der Waals surface area contributed by atoms with Crippen molar-refractivity contribution in [2.75, 3.05) is 18.4 Å². The third kappa shape index (κ3) is 2.77. The number of nitrogens with zero attached hydrogens (tertiary/aromatic N) is 2. The molecule has 5 heteroatoms. The van der Waals surface area contributed by atoms with Crippen molar-refractivity contribution in [3.8, 4) is 6.07 Å². The van der Waals surface area contributed by atoms with Gasteiger partial charge >= 0.3 is 6.03 Å². The van der Waals surface area contributed by atoms with Crippen LogP contribution in [-0.4, -0.2) is 24.0 Å². The fourth-order valence-corrected chi connectivity index (χ4v) is 1.98. The lowest BCUT2D eigenvalue weighted by molar-refractivity contribution is 0.200. The van der Waals surface area contributed by atoms with E-state index >= 15 is 0 Å². The van der Waals surface area contributed by atoms with Crippen molar-refractivity contribution in [2.24, 2.45) is 0 Å². The number of hydrogen-bond acceptors (Lipinski definition) is 2. The van der Waals surface area contributed by atoms with Crippen molar-refractivity contribution >= 4 is 11.7 Å². The second-order valence-electron chi connectivity index (χ2n) is 4.28. The van der Waals surface area contributed by atoms with Crippen LogP contribution in [0.3, 0.4) is 0 Å². The van der Waals surface area contributed by atoms with Gasteiger partial charge in [-0.2, -0.15) is 5.26 Å². The smallest absolute Gasteiger partial charge is 0.321 e. The number of likely N-dealkylation sites (tertiary alicyclic amines) is 1. The van der Waals surface area contributed by atoms with Crippen LogP contribution in [-0.2, 0) is 0 Å². The van der Waals surface area contributed by atoms with E-state index in [1.54, 1.807) is 4.90 Å². The Morgan fingerprint density at radius 1 is 1.33 bits per heavy atom. The van der Waals surface area contributed by atoms with Crippen molar-refractivity contribution in [2.45, 2.75) is 19.3 Å². The molecule has 1 saturated heterocycles. The fourth-order valence-electron chi connectivity index (χ4n) is 1.98. The zero-order valence-electron chi connectivity index (χ0n) is 9.95. The van der Waals surface area contributed by atoms with Crippen LogP contribution in [0.25, 0.3) is 0 Å². The molecule has 0 radical (unpaired) electrons. The highest BCUT2D eigenvalue weighted by atomic mass is 19.1. The minimum absolute atomic E-state index is 0.115. The van der Waals surface area contributed by atoms with Gasteiger partial charge in [0.2, 0.25) is 0 Å². The van der Waals surface area contributed by atoms with E-state index in [1.165, 1.54) is 12.1 Å². The molecule has 1 N–H and O–H groups in total. The van der Waals surface area contributed by atoms with Gasteiger partial charge in [-0.3, -0.25) is 0 Å². The predicted molar refractivity (Wildman–Crippen MR) is 65.6 cm³/mol. The Kier molecular flexibility index (Phi) is 3.78. The molecule has 0 unspecified atom stereocenters. The lowest BCUT2D eigenvalue weighted by Gasteiger charge is -2.26. The number of nitriles is 1. The number of piperidine rings is 1. The number of halogens is 1. The van der Waals surface area contributed by atoms with Gasteiger partial charge in [-0.15, -0.1) is 0 Å². The summed E-state index contributed by atoms with van der Waals surface area (Å²) in [6.45, 7) is 1.42. The molecule has 1 aromatic rings. The number of anilines is 1. The monoisotopic (exact) mass is 247 g/mol. The lowest BCUT2D eigenvalue weighted by Crippen LogP contribution is -2.38. The summed E-state index contributed by atoms with van der Waals surface area (Å²) < 4.78 is 13.6. The molecule has 0 spiro atoms. The van der Waals surface area contributed by atoms with Crippen LogP contribution >= 0.6 is 0 Å². The number of nitrogens with one attached hydrogen (secondary N) is 1. The minimum atomic E-state index is -0.584. The third-order valence-electron chi connectivity index (χ3n) is 2.98. The SMILES string of the molecule is N#Cc1ccc(NC(=O)N2CCCCC2)c(F)c1. The average molecular weight is 247 g/mol. The Hall–Kier alpha value is -2.09. The summed E-state index contributed by atoms with van der Waals surface area (Å²) in [5.74, 6) is -0.584. The van der Waals surface area contributed by atoms with Crippen LogP contribution in [0.4, 0.5) is 14.9 Å². The summed E-state index contributed by atoms with van der Waals surface area (Å²) in [4.78, 5) is 13.5. The van der Waals surface area contributed by atoms with Crippen molar-refractivity contribution in [3.63, 3.8) is 0 Å². The largest absolute Gasteiger partial charge is 0.325 e. The highest BCUT2D eigenvalue weighted by Gasteiger charge is 2.17. The number of carbonyl (C=O) groups is 1. The number of amides is 2. The summed E-state index contributed by atoms with van der Waals surface area (Å²) in [6.07, 6.45) is 3.11. The van der Waals surface area contributed by atoms with Crippen molar-refractivity contribution in [3.05, 3.63) is 29.6 Å². The number of rotatable bonds is 1. The van der Waals surface area contributed by atoms with Gasteiger partial charge in [0.25, 0.3) is 0 Å². The zero-order chi connectivity index (χ0) is 13.0. The number of urea groups is 1. The van der Waals surface area contributed by atoms with E-state index in [0.717, 1.165) is 25.3 Å². The standard InChI is InChI=1S/C13H14FN3O/c14-11-8-10(9-15)4-5-12(11)16-13(18)17-6-2-1-3-7-17/h4-5,8H,1-3,6-7H2,(H,16,18). The third-order valence-corrected chi connectivity index (χ3v) is 2.98. The maximum Gasteiger partial charge on any atom is 0.321 e. The second-order valence-corrected chi connectivity index (χ2v) is 4.28. The van der Waals surface area contributed by atoms with Gasteiger partial charge < -0.3 is 10.2 Å². The van der Waals surface area contributed by atoms with Crippen LogP contribution in [0.15, 0.2) is 18.2 Å². The van der Waals surface area contributed by atoms with E-state index in [9.17, 15) is 9.18 Å². The normalized spacial score (nSPS) is 15.0. The Labute approximate surface area is 105 Å². The summed E-state index contributed by atoms with van der Waals surface area (Å²) >= 11 is 0.